The zero-order valence-electron chi connectivity index (χ0n) is 11.9. The molecule has 7 nitrogen and oxygen atoms in total. The molecule has 0 bridgehead atoms. The number of carbonyl (C=O) groups is 1. The van der Waals surface area contributed by atoms with E-state index >= 15 is 0 Å². The molecule has 2 N–H and O–H groups in total. The summed E-state index contributed by atoms with van der Waals surface area (Å²) in [6.45, 7) is 2.44. The van der Waals surface area contributed by atoms with Crippen LogP contribution in [0.3, 0.4) is 0 Å². The first-order valence-corrected chi connectivity index (χ1v) is 9.07. The monoisotopic (exact) mass is 374 g/mol. The maximum Gasteiger partial charge on any atom is 0.516 e. The van der Waals surface area contributed by atoms with Crippen molar-refractivity contribution in [1.82, 2.24) is 0 Å². The van der Waals surface area contributed by atoms with E-state index in [9.17, 15) is 34.8 Å². The number of hydrogen-bond donors (Lipinski definition) is 2. The molecule has 0 heterocycles. The van der Waals surface area contributed by atoms with Crippen LogP contribution in [0.25, 0.3) is 0 Å². The molecule has 0 saturated carbocycles. The number of sulfonamides is 2. The van der Waals surface area contributed by atoms with Gasteiger partial charge in [-0.3, -0.25) is 14.2 Å². The summed E-state index contributed by atoms with van der Waals surface area (Å²) in [5.41, 5.74) is -5.67. The number of nitrogens with one attached hydrogen (secondary N) is 2. The van der Waals surface area contributed by atoms with Crippen LogP contribution in [0.2, 0.25) is 0 Å². The van der Waals surface area contributed by atoms with Crippen molar-refractivity contribution in [2.45, 2.75) is 19.4 Å². The number of anilines is 2. The second-order valence-electron chi connectivity index (χ2n) is 4.64. The molecular formula is C11H13F3N2O5S2. The number of rotatable bonds is 6. The first-order valence-electron chi connectivity index (χ1n) is 5.93. The standard InChI is InChI=1S/C11H13F3N2O5S2/c1-7-5-9(15-23(20,21)11(12,13)14)3-4-10(7)16-22(18,19)6-8(2)17/h3-5,15-16H,6H2,1-2H3. The smallest absolute Gasteiger partial charge is 0.299 e. The third-order valence-corrected chi connectivity index (χ3v) is 4.87. The average molecular weight is 374 g/mol. The average Bonchev–Trinajstić information content (AvgIpc) is 2.28. The van der Waals surface area contributed by atoms with E-state index in [1.807, 2.05) is 0 Å². The van der Waals surface area contributed by atoms with Crippen LogP contribution in [-0.2, 0) is 24.8 Å². The van der Waals surface area contributed by atoms with Gasteiger partial charge in [-0.05, 0) is 37.6 Å². The van der Waals surface area contributed by atoms with E-state index < -0.39 is 37.1 Å². The minimum Gasteiger partial charge on any atom is -0.299 e. The lowest BCUT2D eigenvalue weighted by Crippen LogP contribution is -2.30. The van der Waals surface area contributed by atoms with Crippen LogP contribution in [-0.4, -0.2) is 33.9 Å². The van der Waals surface area contributed by atoms with Gasteiger partial charge in [-0.2, -0.15) is 21.6 Å². The van der Waals surface area contributed by atoms with Gasteiger partial charge in [0, 0.05) is 5.69 Å². The number of alkyl halides is 3. The molecule has 1 aromatic carbocycles. The Morgan fingerprint density at radius 2 is 1.70 bits per heavy atom. The second kappa shape index (κ2) is 6.35. The van der Waals surface area contributed by atoms with Gasteiger partial charge in [0.1, 0.15) is 11.5 Å². The highest BCUT2D eigenvalue weighted by Crippen LogP contribution is 2.27. The molecular weight excluding hydrogens is 361 g/mol. The molecule has 0 spiro atoms. The van der Waals surface area contributed by atoms with Crippen molar-refractivity contribution in [1.29, 1.82) is 0 Å². The van der Waals surface area contributed by atoms with E-state index in [1.165, 1.54) is 11.6 Å². The molecule has 130 valence electrons. The van der Waals surface area contributed by atoms with Crippen LogP contribution < -0.4 is 9.44 Å². The van der Waals surface area contributed by atoms with Gasteiger partial charge < -0.3 is 0 Å². The molecule has 0 radical (unpaired) electrons. The van der Waals surface area contributed by atoms with E-state index in [4.69, 9.17) is 0 Å². The van der Waals surface area contributed by atoms with Gasteiger partial charge in [-0.15, -0.1) is 0 Å². The van der Waals surface area contributed by atoms with Gasteiger partial charge in [0.05, 0.1) is 5.69 Å². The number of benzene rings is 1. The summed E-state index contributed by atoms with van der Waals surface area (Å²) in [6, 6.07) is 3.07. The van der Waals surface area contributed by atoms with Crippen molar-refractivity contribution in [3.05, 3.63) is 23.8 Å². The predicted molar refractivity (Wildman–Crippen MR) is 77.9 cm³/mol. The summed E-state index contributed by atoms with van der Waals surface area (Å²) in [4.78, 5) is 10.8. The highest BCUT2D eigenvalue weighted by molar-refractivity contribution is 7.93. The molecule has 0 aliphatic heterocycles. The van der Waals surface area contributed by atoms with Gasteiger partial charge >= 0.3 is 15.5 Å². The molecule has 23 heavy (non-hydrogen) atoms. The predicted octanol–water partition coefficient (Wildman–Crippen LogP) is 1.59. The third kappa shape index (κ3) is 5.39. The zero-order valence-corrected chi connectivity index (χ0v) is 13.6. The summed E-state index contributed by atoms with van der Waals surface area (Å²) >= 11 is 0. The number of Topliss-reactive ketones (excluding diaryl/α,β-unsaturated/α-hetero) is 1. The van der Waals surface area contributed by atoms with Crippen molar-refractivity contribution in [2.24, 2.45) is 0 Å². The van der Waals surface area contributed by atoms with Crippen molar-refractivity contribution in [3.8, 4) is 0 Å². The lowest BCUT2D eigenvalue weighted by molar-refractivity contribution is -0.114. The lowest BCUT2D eigenvalue weighted by Gasteiger charge is -2.13. The van der Waals surface area contributed by atoms with Gasteiger partial charge in [-0.1, -0.05) is 0 Å². The van der Waals surface area contributed by atoms with Crippen molar-refractivity contribution in [3.63, 3.8) is 0 Å². The van der Waals surface area contributed by atoms with Gasteiger partial charge in [0.15, 0.2) is 0 Å². The molecule has 0 saturated heterocycles. The van der Waals surface area contributed by atoms with Gasteiger partial charge in [0.2, 0.25) is 10.0 Å². The highest BCUT2D eigenvalue weighted by atomic mass is 32.2. The van der Waals surface area contributed by atoms with Crippen LogP contribution in [0, 0.1) is 6.92 Å². The normalized spacial score (nSPS) is 12.7. The number of halogens is 3. The Balaban J connectivity index is 3.02. The SMILES string of the molecule is CC(=O)CS(=O)(=O)Nc1ccc(NS(=O)(=O)C(F)(F)F)cc1C. The van der Waals surface area contributed by atoms with Crippen LogP contribution in [0.15, 0.2) is 18.2 Å². The van der Waals surface area contributed by atoms with Crippen molar-refractivity contribution in [2.75, 3.05) is 15.2 Å². The van der Waals surface area contributed by atoms with E-state index in [0.29, 0.717) is 0 Å². The fourth-order valence-electron chi connectivity index (χ4n) is 1.53. The fraction of sp³-hybridized carbons (Fsp3) is 0.364. The Morgan fingerprint density at radius 3 is 2.13 bits per heavy atom. The molecule has 0 fully saturated rings. The number of aryl methyl sites for hydroxylation is 1. The van der Waals surface area contributed by atoms with Crippen LogP contribution in [0.5, 0.6) is 0 Å². The maximum absolute atomic E-state index is 12.3. The van der Waals surface area contributed by atoms with Crippen molar-refractivity contribution >= 4 is 37.2 Å². The Kier molecular flexibility index (Phi) is 5.31. The minimum atomic E-state index is -5.56. The zero-order chi connectivity index (χ0) is 18.1. The number of carbonyl (C=O) groups excluding carboxylic acids is 1. The molecule has 12 heteroatoms. The molecule has 0 unspecified atom stereocenters. The number of ketones is 1. The third-order valence-electron chi connectivity index (χ3n) is 2.44. The van der Waals surface area contributed by atoms with Crippen LogP contribution in [0.1, 0.15) is 12.5 Å². The summed E-state index contributed by atoms with van der Waals surface area (Å²) in [6.07, 6.45) is 0. The quantitative estimate of drug-likeness (QED) is 0.786. The van der Waals surface area contributed by atoms with Crippen LogP contribution in [0.4, 0.5) is 24.5 Å². The summed E-state index contributed by atoms with van der Waals surface area (Å²) < 4.78 is 85.4. The number of hydrogen-bond acceptors (Lipinski definition) is 5. The van der Waals surface area contributed by atoms with E-state index in [2.05, 4.69) is 4.72 Å². The summed E-state index contributed by atoms with van der Waals surface area (Å²) in [7, 11) is -9.51. The Hall–Kier alpha value is -1.82. The molecule has 0 atom stereocenters. The fourth-order valence-corrected chi connectivity index (χ4v) is 3.25. The van der Waals surface area contributed by atoms with E-state index in [0.717, 1.165) is 25.1 Å². The summed E-state index contributed by atoms with van der Waals surface area (Å²) in [5, 5.41) is 0. The molecule has 0 aliphatic carbocycles. The van der Waals surface area contributed by atoms with Crippen LogP contribution >= 0.6 is 0 Å². The molecule has 1 aromatic rings. The lowest BCUT2D eigenvalue weighted by atomic mass is 10.2. The Bertz CT molecular complexity index is 817. The first kappa shape index (κ1) is 19.2. The minimum absolute atomic E-state index is 0.0150. The molecule has 0 amide bonds. The first-order chi connectivity index (χ1) is 10.2. The van der Waals surface area contributed by atoms with Gasteiger partial charge in [0.25, 0.3) is 0 Å². The largest absolute Gasteiger partial charge is 0.516 e. The van der Waals surface area contributed by atoms with E-state index in [1.54, 1.807) is 0 Å². The molecule has 0 aliphatic rings. The molecule has 1 rings (SSSR count). The maximum atomic E-state index is 12.3. The molecule has 0 aromatic heterocycles. The van der Waals surface area contributed by atoms with Crippen molar-refractivity contribution < 1.29 is 34.8 Å². The summed E-state index contributed by atoms with van der Waals surface area (Å²) in [5.74, 6) is -1.35. The topological polar surface area (TPSA) is 109 Å². The second-order valence-corrected chi connectivity index (χ2v) is 8.04. The van der Waals surface area contributed by atoms with E-state index in [-0.39, 0.29) is 16.9 Å². The van der Waals surface area contributed by atoms with Gasteiger partial charge in [-0.25, -0.2) is 8.42 Å². The highest BCUT2D eigenvalue weighted by Gasteiger charge is 2.46. The Morgan fingerprint density at radius 1 is 1.13 bits per heavy atom. The Labute approximate surface area is 131 Å².